The molecule has 42 valence electrons. The van der Waals surface area contributed by atoms with Crippen LogP contribution in [0.5, 0.6) is 0 Å². The van der Waals surface area contributed by atoms with Crippen molar-refractivity contribution in [2.75, 3.05) is 12.0 Å². The third kappa shape index (κ3) is 0.485. The van der Waals surface area contributed by atoms with Gasteiger partial charge in [0.25, 0.3) is 0 Å². The van der Waals surface area contributed by atoms with Gasteiger partial charge < -0.3 is 0 Å². The molecule has 1 N–H and O–H groups in total. The zero-order valence-electron chi connectivity index (χ0n) is 4.02. The van der Waals surface area contributed by atoms with Crippen LogP contribution in [0.4, 0.5) is 0 Å². The molecule has 2 fully saturated rings. The van der Waals surface area contributed by atoms with Gasteiger partial charge in [-0.15, -0.1) is 10.4 Å². The quantitative estimate of drug-likeness (QED) is 0.289. The van der Waals surface area contributed by atoms with E-state index < -0.39 is 0 Å². The van der Waals surface area contributed by atoms with Crippen molar-refractivity contribution in [3.05, 3.63) is 0 Å². The van der Waals surface area contributed by atoms with Crippen LogP contribution in [0.15, 0.2) is 0 Å². The maximum absolute atomic E-state index is 3.34. The molecule has 3 unspecified atom stereocenters. The van der Waals surface area contributed by atoms with Crippen molar-refractivity contribution in [3.8, 4) is 0 Å². The Kier molecular flexibility index (Phi) is 0.774. The van der Waals surface area contributed by atoms with Crippen molar-refractivity contribution in [1.29, 1.82) is 0 Å². The molecule has 0 aliphatic carbocycles. The average Bonchev–Trinajstić information content (AvgIpc) is 2.10. The molecular formula is C3H7IN2S. The van der Waals surface area contributed by atoms with Crippen molar-refractivity contribution in [1.82, 2.24) is 9.25 Å². The fourth-order valence-electron chi connectivity index (χ4n) is 0.855. The van der Waals surface area contributed by atoms with Gasteiger partial charge in [0.15, 0.2) is 0 Å². The number of alkyl halides is 1. The number of halogens is 1. The van der Waals surface area contributed by atoms with Crippen LogP contribution < -0.4 is 4.83 Å². The molecule has 0 aromatic rings. The second kappa shape index (κ2) is 1.12. The summed E-state index contributed by atoms with van der Waals surface area (Å²) in [4.78, 5) is 3.34. The summed E-state index contributed by atoms with van der Waals surface area (Å²) in [5, 5.41) is 0. The summed E-state index contributed by atoms with van der Waals surface area (Å²) >= 11 is 2.46. The van der Waals surface area contributed by atoms with Crippen molar-refractivity contribution >= 4 is 33.0 Å². The van der Waals surface area contributed by atoms with Gasteiger partial charge in [0.2, 0.25) is 0 Å². The lowest BCUT2D eigenvalue weighted by atomic mass is 10.8. The molecule has 2 aliphatic rings. The van der Waals surface area contributed by atoms with E-state index in [1.165, 1.54) is 5.75 Å². The fraction of sp³-hybridized carbons (Fsp3) is 1.00. The van der Waals surface area contributed by atoms with Gasteiger partial charge in [-0.3, -0.25) is 0 Å². The van der Waals surface area contributed by atoms with Crippen LogP contribution in [-0.4, -0.2) is 20.5 Å². The van der Waals surface area contributed by atoms with Gasteiger partial charge in [-0.25, -0.2) is 0 Å². The predicted molar refractivity (Wildman–Crippen MR) is 41.2 cm³/mol. The minimum atomic E-state index is -0.288. The van der Waals surface area contributed by atoms with Gasteiger partial charge in [0.05, 0.1) is 4.05 Å². The first-order valence-corrected chi connectivity index (χ1v) is 5.60. The van der Waals surface area contributed by atoms with Gasteiger partial charge in [-0.1, -0.05) is 22.6 Å². The summed E-state index contributed by atoms with van der Waals surface area (Å²) < 4.78 is 3.16. The summed E-state index contributed by atoms with van der Waals surface area (Å²) in [7, 11) is -0.288. The highest BCUT2D eigenvalue weighted by Crippen LogP contribution is 2.68. The fourth-order valence-corrected chi connectivity index (χ4v) is 6.89. The Morgan fingerprint density at radius 1 is 2.00 bits per heavy atom. The van der Waals surface area contributed by atoms with Gasteiger partial charge >= 0.3 is 0 Å². The first kappa shape index (κ1) is 4.84. The van der Waals surface area contributed by atoms with Gasteiger partial charge in [0.1, 0.15) is 0 Å². The Morgan fingerprint density at radius 3 is 2.71 bits per heavy atom. The summed E-state index contributed by atoms with van der Waals surface area (Å²) in [6.07, 6.45) is 2.31. The lowest BCUT2D eigenvalue weighted by Gasteiger charge is -2.27. The molecule has 0 aromatic heterocycles. The van der Waals surface area contributed by atoms with E-state index in [9.17, 15) is 0 Å². The molecular weight excluding hydrogens is 223 g/mol. The normalized spacial score (nSPS) is 75.1. The summed E-state index contributed by atoms with van der Waals surface area (Å²) in [5.41, 5.74) is 0. The molecule has 0 spiro atoms. The van der Waals surface area contributed by atoms with Crippen molar-refractivity contribution in [3.63, 3.8) is 0 Å². The Hall–Kier alpha value is 1.00. The predicted octanol–water partition coefficient (Wildman–Crippen LogP) is 0.846. The minimum Gasteiger partial charge on any atom is -0.193 e. The standard InChI is InChI=1S/C3H7IN2S/c1-7-2-3(4)6(7)5-7/h3,5H,2H2,1H3. The SMILES string of the molecule is CS12CC(I)N1N2. The first-order chi connectivity index (χ1) is 3.22. The van der Waals surface area contributed by atoms with Crippen LogP contribution in [0, 0.1) is 0 Å². The van der Waals surface area contributed by atoms with Gasteiger partial charge in [-0.05, 0) is 6.26 Å². The number of fused-ring (bicyclic) bond motifs is 1. The first-order valence-electron chi connectivity index (χ1n) is 2.19. The lowest BCUT2D eigenvalue weighted by Crippen LogP contribution is -2.26. The zero-order chi connectivity index (χ0) is 5.07. The monoisotopic (exact) mass is 230 g/mol. The highest BCUT2D eigenvalue weighted by atomic mass is 127. The maximum Gasteiger partial charge on any atom is 0.0974 e. The molecule has 7 heavy (non-hydrogen) atoms. The topological polar surface area (TPSA) is 25.0 Å². The molecule has 4 heteroatoms. The maximum atomic E-state index is 3.34. The lowest BCUT2D eigenvalue weighted by molar-refractivity contribution is 0.544. The molecule has 0 aromatic carbocycles. The highest BCUT2D eigenvalue weighted by molar-refractivity contribution is 14.1. The zero-order valence-corrected chi connectivity index (χ0v) is 6.99. The van der Waals surface area contributed by atoms with E-state index in [2.05, 4.69) is 38.1 Å². The molecule has 2 heterocycles. The third-order valence-electron chi connectivity index (χ3n) is 1.40. The molecule has 0 amide bonds. The number of hydrogen-bond acceptors (Lipinski definition) is 2. The molecule has 0 radical (unpaired) electrons. The molecule has 0 saturated carbocycles. The number of nitrogens with zero attached hydrogens (tertiary/aromatic N) is 1. The van der Waals surface area contributed by atoms with Crippen LogP contribution in [0.25, 0.3) is 0 Å². The summed E-state index contributed by atoms with van der Waals surface area (Å²) in [6, 6.07) is 0. The van der Waals surface area contributed by atoms with E-state index in [4.69, 9.17) is 0 Å². The summed E-state index contributed by atoms with van der Waals surface area (Å²) in [6.45, 7) is 0. The van der Waals surface area contributed by atoms with E-state index in [-0.39, 0.29) is 10.4 Å². The van der Waals surface area contributed by atoms with Gasteiger partial charge in [0, 0.05) is 5.75 Å². The van der Waals surface area contributed by atoms with Crippen LogP contribution in [0.3, 0.4) is 0 Å². The smallest absolute Gasteiger partial charge is 0.0974 e. The number of nitrogens with one attached hydrogen (secondary N) is 1. The van der Waals surface area contributed by atoms with Crippen LogP contribution in [-0.2, 0) is 0 Å². The molecule has 2 aliphatic heterocycles. The molecule has 2 saturated heterocycles. The van der Waals surface area contributed by atoms with Gasteiger partial charge in [-0.2, -0.15) is 9.25 Å². The Bertz CT molecular complexity index is 120. The largest absolute Gasteiger partial charge is 0.193 e. The molecule has 0 bridgehead atoms. The van der Waals surface area contributed by atoms with Crippen molar-refractivity contribution < 1.29 is 0 Å². The van der Waals surface area contributed by atoms with Crippen LogP contribution in [0.2, 0.25) is 0 Å². The Morgan fingerprint density at radius 2 is 2.71 bits per heavy atom. The molecule has 2 nitrogen and oxygen atoms in total. The van der Waals surface area contributed by atoms with Crippen molar-refractivity contribution in [2.24, 2.45) is 0 Å². The molecule has 2 rings (SSSR count). The van der Waals surface area contributed by atoms with Crippen LogP contribution in [0.1, 0.15) is 0 Å². The average molecular weight is 230 g/mol. The highest BCUT2D eigenvalue weighted by Gasteiger charge is 2.57. The van der Waals surface area contributed by atoms with Crippen molar-refractivity contribution in [2.45, 2.75) is 4.05 Å². The third-order valence-corrected chi connectivity index (χ3v) is 5.97. The number of rotatable bonds is 0. The van der Waals surface area contributed by atoms with E-state index >= 15 is 0 Å². The second-order valence-electron chi connectivity index (χ2n) is 2.06. The van der Waals surface area contributed by atoms with E-state index in [1.54, 1.807) is 0 Å². The summed E-state index contributed by atoms with van der Waals surface area (Å²) in [5.74, 6) is 1.40. The Balaban J connectivity index is 2.12. The Labute approximate surface area is 58.3 Å². The minimum absolute atomic E-state index is 0.288. The molecule has 3 atom stereocenters. The van der Waals surface area contributed by atoms with E-state index in [1.807, 2.05) is 0 Å². The number of hydrogen-bond donors (Lipinski definition) is 1. The second-order valence-corrected chi connectivity index (χ2v) is 6.49. The van der Waals surface area contributed by atoms with Crippen LogP contribution >= 0.6 is 33.0 Å². The number of hydrazine groups is 1. The van der Waals surface area contributed by atoms with E-state index in [0.717, 1.165) is 4.05 Å². The van der Waals surface area contributed by atoms with E-state index in [0.29, 0.717) is 0 Å².